The highest BCUT2D eigenvalue weighted by Gasteiger charge is 2.20. The highest BCUT2D eigenvalue weighted by molar-refractivity contribution is 9.10. The van der Waals surface area contributed by atoms with Gasteiger partial charge in [-0.1, -0.05) is 29.3 Å². The SMILES string of the molecule is CCOC(=O)c1ccc(/C=C/C(=O)NCC(=O)N(C)c2ccc(Cl)c(COc3cccn4c(Br)c(C)nc34)c2Cl)cn1. The number of benzene rings is 1. The number of nitrogens with zero attached hydrogens (tertiary/aromatic N) is 4. The Bertz CT molecular complexity index is 1670. The molecule has 0 fully saturated rings. The van der Waals surface area contributed by atoms with Crippen molar-refractivity contribution in [1.29, 1.82) is 0 Å². The van der Waals surface area contributed by atoms with Crippen LogP contribution in [0.25, 0.3) is 11.7 Å². The van der Waals surface area contributed by atoms with Crippen LogP contribution in [0.3, 0.4) is 0 Å². The van der Waals surface area contributed by atoms with Gasteiger partial charge in [0.25, 0.3) is 0 Å². The van der Waals surface area contributed by atoms with Crippen LogP contribution in [-0.4, -0.2) is 52.4 Å². The Balaban J connectivity index is 1.37. The molecule has 13 heteroatoms. The van der Waals surface area contributed by atoms with Crippen molar-refractivity contribution in [2.45, 2.75) is 20.5 Å². The predicted molar refractivity (Wildman–Crippen MR) is 164 cm³/mol. The monoisotopic (exact) mass is 673 g/mol. The second-order valence-electron chi connectivity index (χ2n) is 8.90. The normalized spacial score (nSPS) is 11.1. The summed E-state index contributed by atoms with van der Waals surface area (Å²) in [7, 11) is 1.55. The Kier molecular flexibility index (Phi) is 10.2. The molecule has 0 atom stereocenters. The fourth-order valence-corrected chi connectivity index (χ4v) is 4.82. The van der Waals surface area contributed by atoms with E-state index >= 15 is 0 Å². The molecule has 3 aromatic heterocycles. The summed E-state index contributed by atoms with van der Waals surface area (Å²) in [6.45, 7) is 3.60. The Labute approximate surface area is 260 Å². The highest BCUT2D eigenvalue weighted by atomic mass is 79.9. The van der Waals surface area contributed by atoms with Crippen LogP contribution < -0.4 is 15.0 Å². The number of hydrogen-bond donors (Lipinski definition) is 1. The summed E-state index contributed by atoms with van der Waals surface area (Å²) in [6, 6.07) is 10.0. The van der Waals surface area contributed by atoms with Crippen molar-refractivity contribution < 1.29 is 23.9 Å². The van der Waals surface area contributed by atoms with Crippen LogP contribution in [0.2, 0.25) is 10.0 Å². The van der Waals surface area contributed by atoms with E-state index in [2.05, 4.69) is 31.2 Å². The number of nitrogens with one attached hydrogen (secondary N) is 1. The van der Waals surface area contributed by atoms with E-state index in [4.69, 9.17) is 32.7 Å². The van der Waals surface area contributed by atoms with Gasteiger partial charge in [-0.05, 0) is 71.7 Å². The minimum Gasteiger partial charge on any atom is -0.485 e. The van der Waals surface area contributed by atoms with E-state index in [-0.39, 0.29) is 30.5 Å². The quantitative estimate of drug-likeness (QED) is 0.171. The molecule has 0 aliphatic carbocycles. The molecule has 0 spiro atoms. The highest BCUT2D eigenvalue weighted by Crippen LogP contribution is 2.35. The van der Waals surface area contributed by atoms with Crippen molar-refractivity contribution in [3.8, 4) is 5.75 Å². The first kappa shape index (κ1) is 31.0. The molecule has 0 saturated carbocycles. The average Bonchev–Trinajstić information content (AvgIpc) is 3.28. The average molecular weight is 675 g/mol. The number of amides is 2. The van der Waals surface area contributed by atoms with Crippen molar-refractivity contribution >= 4 is 74.3 Å². The van der Waals surface area contributed by atoms with Gasteiger partial charge in [-0.25, -0.2) is 14.8 Å². The zero-order chi connectivity index (χ0) is 30.4. The molecular weight excluding hydrogens is 649 g/mol. The van der Waals surface area contributed by atoms with Gasteiger partial charge < -0.3 is 19.7 Å². The van der Waals surface area contributed by atoms with Gasteiger partial charge in [0.2, 0.25) is 11.8 Å². The molecule has 42 heavy (non-hydrogen) atoms. The number of imidazole rings is 1. The lowest BCUT2D eigenvalue weighted by molar-refractivity contribution is -0.122. The number of hydrogen-bond acceptors (Lipinski definition) is 7. The summed E-state index contributed by atoms with van der Waals surface area (Å²) in [5, 5.41) is 3.17. The summed E-state index contributed by atoms with van der Waals surface area (Å²) in [5.41, 5.74) is 3.10. The van der Waals surface area contributed by atoms with E-state index in [0.29, 0.717) is 33.2 Å². The minimum absolute atomic E-state index is 0.0356. The Morgan fingerprint density at radius 1 is 1.17 bits per heavy atom. The number of carbonyl (C=O) groups is 3. The molecule has 0 radical (unpaired) electrons. The maximum absolute atomic E-state index is 12.9. The first-order valence-electron chi connectivity index (χ1n) is 12.7. The van der Waals surface area contributed by atoms with Crippen LogP contribution >= 0.6 is 39.1 Å². The van der Waals surface area contributed by atoms with Gasteiger partial charge in [0.05, 0.1) is 29.6 Å². The lowest BCUT2D eigenvalue weighted by atomic mass is 10.2. The van der Waals surface area contributed by atoms with Gasteiger partial charge in [0, 0.05) is 36.1 Å². The summed E-state index contributed by atoms with van der Waals surface area (Å²) in [6.07, 6.45) is 6.08. The number of aryl methyl sites for hydroxylation is 1. The molecule has 0 aliphatic rings. The number of carbonyl (C=O) groups excluding carboxylic acids is 3. The van der Waals surface area contributed by atoms with Gasteiger partial charge in [0.1, 0.15) is 16.9 Å². The zero-order valence-electron chi connectivity index (χ0n) is 22.9. The summed E-state index contributed by atoms with van der Waals surface area (Å²) in [5.74, 6) is -0.882. The number of aromatic nitrogens is 3. The molecule has 4 rings (SSSR count). The maximum atomic E-state index is 12.9. The first-order chi connectivity index (χ1) is 20.1. The summed E-state index contributed by atoms with van der Waals surface area (Å²) in [4.78, 5) is 46.8. The molecule has 0 unspecified atom stereocenters. The third-order valence-corrected chi connectivity index (χ3v) is 7.83. The number of likely N-dealkylation sites (N-methyl/N-ethyl adjacent to an activating group) is 1. The van der Waals surface area contributed by atoms with Crippen LogP contribution in [0.1, 0.15) is 34.2 Å². The largest absolute Gasteiger partial charge is 0.485 e. The fraction of sp³-hybridized carbons (Fsp3) is 0.207. The number of anilines is 1. The fourth-order valence-electron chi connectivity index (χ4n) is 3.84. The Morgan fingerprint density at radius 3 is 2.67 bits per heavy atom. The number of ether oxygens (including phenoxy) is 2. The molecule has 2 amide bonds. The van der Waals surface area contributed by atoms with Gasteiger partial charge in [-0.15, -0.1) is 0 Å². The first-order valence-corrected chi connectivity index (χ1v) is 14.2. The third-order valence-electron chi connectivity index (χ3n) is 6.10. The van der Waals surface area contributed by atoms with Crippen LogP contribution in [0.4, 0.5) is 5.69 Å². The predicted octanol–water partition coefficient (Wildman–Crippen LogP) is 5.66. The molecule has 10 nitrogen and oxygen atoms in total. The molecule has 0 aliphatic heterocycles. The van der Waals surface area contributed by atoms with Crippen molar-refractivity contribution in [2.75, 3.05) is 25.1 Å². The van der Waals surface area contributed by atoms with Crippen LogP contribution in [0.5, 0.6) is 5.75 Å². The molecule has 1 aromatic carbocycles. The molecule has 0 saturated heterocycles. The number of fused-ring (bicyclic) bond motifs is 1. The van der Waals surface area contributed by atoms with Crippen molar-refractivity contribution in [1.82, 2.24) is 19.7 Å². The standard InChI is InChI=1S/C29H26BrCl2N5O5/c1-4-41-29(40)21-10-7-18(14-33-21)8-12-24(38)34-15-25(39)36(3)22-11-9-20(31)19(26(22)32)16-42-23-6-5-13-37-27(30)17(2)35-28(23)37/h5-14H,4,15-16H2,1-3H3,(H,34,38)/b12-8+. The number of esters is 1. The second-order valence-corrected chi connectivity index (χ2v) is 10.4. The van der Waals surface area contributed by atoms with E-state index < -0.39 is 17.8 Å². The molecule has 0 bridgehead atoms. The smallest absolute Gasteiger partial charge is 0.356 e. The van der Waals surface area contributed by atoms with Crippen LogP contribution in [-0.2, 0) is 20.9 Å². The third kappa shape index (κ3) is 7.10. The zero-order valence-corrected chi connectivity index (χ0v) is 26.0. The molecule has 218 valence electrons. The van der Waals surface area contributed by atoms with Crippen LogP contribution in [0, 0.1) is 6.92 Å². The van der Waals surface area contributed by atoms with Crippen molar-refractivity contribution in [2.24, 2.45) is 0 Å². The molecular formula is C29H26BrCl2N5O5. The second kappa shape index (κ2) is 13.8. The number of pyridine rings is 2. The number of halogens is 3. The van der Waals surface area contributed by atoms with E-state index in [0.717, 1.165) is 10.3 Å². The molecule has 4 aromatic rings. The van der Waals surface area contributed by atoms with E-state index in [9.17, 15) is 14.4 Å². The summed E-state index contributed by atoms with van der Waals surface area (Å²) >= 11 is 16.6. The van der Waals surface area contributed by atoms with Gasteiger partial charge >= 0.3 is 5.97 Å². The van der Waals surface area contributed by atoms with E-state index in [1.807, 2.05) is 23.6 Å². The van der Waals surface area contributed by atoms with Crippen LogP contribution in [0.15, 0.2) is 59.5 Å². The number of rotatable bonds is 10. The van der Waals surface area contributed by atoms with E-state index in [1.54, 1.807) is 38.2 Å². The van der Waals surface area contributed by atoms with Crippen molar-refractivity contribution in [3.05, 3.63) is 92.0 Å². The van der Waals surface area contributed by atoms with Gasteiger partial charge in [-0.2, -0.15) is 0 Å². The Morgan fingerprint density at radius 2 is 1.95 bits per heavy atom. The molecule has 3 heterocycles. The lowest BCUT2D eigenvalue weighted by Crippen LogP contribution is -2.37. The Hall–Kier alpha value is -3.93. The molecule has 1 N–H and O–H groups in total. The van der Waals surface area contributed by atoms with Gasteiger partial charge in [-0.3, -0.25) is 14.0 Å². The topological polar surface area (TPSA) is 115 Å². The van der Waals surface area contributed by atoms with Crippen molar-refractivity contribution in [3.63, 3.8) is 0 Å². The summed E-state index contributed by atoms with van der Waals surface area (Å²) < 4.78 is 13.6. The van der Waals surface area contributed by atoms with E-state index in [1.165, 1.54) is 29.3 Å². The minimum atomic E-state index is -0.524. The van der Waals surface area contributed by atoms with Gasteiger partial charge in [0.15, 0.2) is 11.4 Å². The maximum Gasteiger partial charge on any atom is 0.356 e. The lowest BCUT2D eigenvalue weighted by Gasteiger charge is -2.21.